The zero-order valence-corrected chi connectivity index (χ0v) is 17.8. The van der Waals surface area contributed by atoms with E-state index in [-0.39, 0.29) is 18.2 Å². The molecule has 3 aliphatic rings. The van der Waals surface area contributed by atoms with Gasteiger partial charge in [-0.15, -0.1) is 0 Å². The van der Waals surface area contributed by atoms with Crippen molar-refractivity contribution in [1.29, 1.82) is 0 Å². The Labute approximate surface area is 185 Å². The monoisotopic (exact) mass is 437 g/mol. The Morgan fingerprint density at radius 3 is 2.75 bits per heavy atom. The van der Waals surface area contributed by atoms with Crippen molar-refractivity contribution >= 4 is 17.7 Å². The van der Waals surface area contributed by atoms with Crippen molar-refractivity contribution in [3.63, 3.8) is 0 Å². The van der Waals surface area contributed by atoms with Gasteiger partial charge in [-0.05, 0) is 49.5 Å². The van der Waals surface area contributed by atoms with Gasteiger partial charge in [-0.2, -0.15) is 5.10 Å². The Morgan fingerprint density at radius 2 is 1.94 bits per heavy atom. The summed E-state index contributed by atoms with van der Waals surface area (Å²) in [7, 11) is 0. The van der Waals surface area contributed by atoms with Gasteiger partial charge in [0.1, 0.15) is 11.9 Å². The number of H-pyrrole nitrogens is 1. The second-order valence-corrected chi connectivity index (χ2v) is 8.61. The number of carbonyl (C=O) groups is 3. The summed E-state index contributed by atoms with van der Waals surface area (Å²) >= 11 is 0. The number of piperidine rings is 2. The molecule has 0 aliphatic carbocycles. The van der Waals surface area contributed by atoms with E-state index >= 15 is 0 Å². The first-order valence-electron chi connectivity index (χ1n) is 11.2. The Kier molecular flexibility index (Phi) is 5.71. The molecule has 2 aromatic rings. The standard InChI is InChI=1S/C22H27N7O3/c30-19-5-4-17(21(31)26-19)29-12-16-14(2-1-3-15(16)22(29)32)10-24-11-18-25-20(28-27-18)13-6-8-23-9-7-13/h1-3,13,17,23-24H,4-12H2,(H,25,27,28)(H,26,30,31). The quantitative estimate of drug-likeness (QED) is 0.479. The Hall–Kier alpha value is -3.11. The van der Waals surface area contributed by atoms with Crippen LogP contribution in [0.2, 0.25) is 0 Å². The van der Waals surface area contributed by atoms with Gasteiger partial charge in [-0.1, -0.05) is 12.1 Å². The number of rotatable bonds is 6. The zero-order valence-electron chi connectivity index (χ0n) is 17.8. The van der Waals surface area contributed by atoms with E-state index in [9.17, 15) is 14.4 Å². The normalized spacial score (nSPS) is 21.7. The maximum Gasteiger partial charge on any atom is 0.255 e. The van der Waals surface area contributed by atoms with Crippen molar-refractivity contribution in [3.05, 3.63) is 46.5 Å². The number of hydrogen-bond acceptors (Lipinski definition) is 7. The summed E-state index contributed by atoms with van der Waals surface area (Å²) in [6, 6.07) is 5.06. The van der Waals surface area contributed by atoms with Crippen LogP contribution in [0.5, 0.6) is 0 Å². The van der Waals surface area contributed by atoms with Crippen molar-refractivity contribution in [2.45, 2.75) is 57.3 Å². The maximum atomic E-state index is 12.9. The smallest absolute Gasteiger partial charge is 0.255 e. The minimum Gasteiger partial charge on any atom is -0.322 e. The molecule has 3 aliphatic heterocycles. The molecule has 1 aromatic carbocycles. The fourth-order valence-corrected chi connectivity index (χ4v) is 4.78. The molecule has 1 aromatic heterocycles. The molecule has 168 valence electrons. The second-order valence-electron chi connectivity index (χ2n) is 8.61. The second kappa shape index (κ2) is 8.79. The van der Waals surface area contributed by atoms with Gasteiger partial charge in [-0.25, -0.2) is 4.98 Å². The van der Waals surface area contributed by atoms with Gasteiger partial charge < -0.3 is 15.5 Å². The molecular weight excluding hydrogens is 410 g/mol. The van der Waals surface area contributed by atoms with Gasteiger partial charge in [0.25, 0.3) is 5.91 Å². The number of imide groups is 1. The molecule has 2 saturated heterocycles. The van der Waals surface area contributed by atoms with Crippen LogP contribution in [0.15, 0.2) is 18.2 Å². The summed E-state index contributed by atoms with van der Waals surface area (Å²) in [5.74, 6) is 1.26. The molecule has 10 nitrogen and oxygen atoms in total. The number of amides is 3. The van der Waals surface area contributed by atoms with Crippen molar-refractivity contribution in [2.24, 2.45) is 0 Å². The molecule has 2 fully saturated rings. The highest BCUT2D eigenvalue weighted by molar-refractivity contribution is 6.05. The fourth-order valence-electron chi connectivity index (χ4n) is 4.78. The molecule has 4 heterocycles. The van der Waals surface area contributed by atoms with E-state index in [1.165, 1.54) is 0 Å². The van der Waals surface area contributed by atoms with Crippen LogP contribution in [0.4, 0.5) is 0 Å². The largest absolute Gasteiger partial charge is 0.322 e. The molecule has 32 heavy (non-hydrogen) atoms. The lowest BCUT2D eigenvalue weighted by molar-refractivity contribution is -0.136. The van der Waals surface area contributed by atoms with E-state index in [1.807, 2.05) is 12.1 Å². The Bertz CT molecular complexity index is 1040. The van der Waals surface area contributed by atoms with Gasteiger partial charge in [0.05, 0.1) is 6.54 Å². The van der Waals surface area contributed by atoms with Crippen LogP contribution < -0.4 is 16.0 Å². The van der Waals surface area contributed by atoms with Crippen LogP contribution in [0.1, 0.15) is 64.7 Å². The molecule has 3 amide bonds. The van der Waals surface area contributed by atoms with Gasteiger partial charge in [0.15, 0.2) is 5.82 Å². The van der Waals surface area contributed by atoms with Crippen molar-refractivity contribution < 1.29 is 14.4 Å². The summed E-state index contributed by atoms with van der Waals surface area (Å²) in [4.78, 5) is 42.9. The molecule has 1 atom stereocenters. The van der Waals surface area contributed by atoms with E-state index in [0.717, 1.165) is 48.7 Å². The minimum atomic E-state index is -0.601. The molecule has 0 bridgehead atoms. The third-order valence-corrected chi connectivity index (χ3v) is 6.54. The number of benzene rings is 1. The first-order valence-corrected chi connectivity index (χ1v) is 11.2. The first kappa shape index (κ1) is 20.8. The van der Waals surface area contributed by atoms with Crippen molar-refractivity contribution in [2.75, 3.05) is 13.1 Å². The zero-order chi connectivity index (χ0) is 22.1. The van der Waals surface area contributed by atoms with Crippen molar-refractivity contribution in [3.8, 4) is 0 Å². The summed E-state index contributed by atoms with van der Waals surface area (Å²) in [5, 5.41) is 16.5. The number of aromatic nitrogens is 3. The third-order valence-electron chi connectivity index (χ3n) is 6.54. The summed E-state index contributed by atoms with van der Waals surface area (Å²) < 4.78 is 0. The topological polar surface area (TPSA) is 132 Å². The summed E-state index contributed by atoms with van der Waals surface area (Å²) in [6.45, 7) is 3.50. The lowest BCUT2D eigenvalue weighted by atomic mass is 9.98. The third kappa shape index (κ3) is 4.03. The summed E-state index contributed by atoms with van der Waals surface area (Å²) in [6.07, 6.45) is 2.72. The van der Waals surface area contributed by atoms with Gasteiger partial charge in [-0.3, -0.25) is 24.8 Å². The number of aromatic amines is 1. The van der Waals surface area contributed by atoms with Crippen molar-refractivity contribution in [1.82, 2.24) is 36.0 Å². The van der Waals surface area contributed by atoms with E-state index in [4.69, 9.17) is 0 Å². The molecule has 10 heteroatoms. The van der Waals surface area contributed by atoms with E-state index in [1.54, 1.807) is 11.0 Å². The SMILES string of the molecule is O=C1CCC(N2Cc3c(CNCc4nc(C5CCNCC5)n[nH]4)cccc3C2=O)C(=O)N1. The molecule has 5 rings (SSSR count). The van der Waals surface area contributed by atoms with Crippen LogP contribution in [0, 0.1) is 0 Å². The molecule has 4 N–H and O–H groups in total. The number of carbonyl (C=O) groups excluding carboxylic acids is 3. The van der Waals surface area contributed by atoms with Crippen LogP contribution in [0.3, 0.4) is 0 Å². The van der Waals surface area contributed by atoms with Gasteiger partial charge in [0, 0.05) is 31.0 Å². The Morgan fingerprint density at radius 1 is 1.09 bits per heavy atom. The lowest BCUT2D eigenvalue weighted by Gasteiger charge is -2.29. The molecule has 1 unspecified atom stereocenters. The number of nitrogens with zero attached hydrogens (tertiary/aromatic N) is 3. The van der Waals surface area contributed by atoms with Gasteiger partial charge in [0.2, 0.25) is 11.8 Å². The van der Waals surface area contributed by atoms with Gasteiger partial charge >= 0.3 is 0 Å². The van der Waals surface area contributed by atoms with Crippen LogP contribution in [0.25, 0.3) is 0 Å². The lowest BCUT2D eigenvalue weighted by Crippen LogP contribution is -2.52. The van der Waals surface area contributed by atoms with Crippen LogP contribution in [-0.4, -0.2) is 56.9 Å². The number of nitrogens with one attached hydrogen (secondary N) is 4. The fraction of sp³-hybridized carbons (Fsp3) is 0.500. The maximum absolute atomic E-state index is 12.9. The molecule has 0 radical (unpaired) electrons. The first-order chi connectivity index (χ1) is 15.6. The number of fused-ring (bicyclic) bond motifs is 1. The molecule has 0 saturated carbocycles. The van der Waals surface area contributed by atoms with E-state index < -0.39 is 11.9 Å². The van der Waals surface area contributed by atoms with E-state index in [2.05, 4.69) is 31.1 Å². The minimum absolute atomic E-state index is 0.154. The van der Waals surface area contributed by atoms with Crippen LogP contribution >= 0.6 is 0 Å². The molecular formula is C22H27N7O3. The average Bonchev–Trinajstić information content (AvgIpc) is 3.40. The predicted molar refractivity (Wildman–Crippen MR) is 114 cm³/mol. The molecule has 0 spiro atoms. The Balaban J connectivity index is 1.22. The predicted octanol–water partition coefficient (Wildman–Crippen LogP) is 0.323. The van der Waals surface area contributed by atoms with Crippen LogP contribution in [-0.2, 0) is 29.2 Å². The summed E-state index contributed by atoms with van der Waals surface area (Å²) in [5.41, 5.74) is 2.58. The number of hydrogen-bond donors (Lipinski definition) is 4. The highest BCUT2D eigenvalue weighted by Crippen LogP contribution is 2.30. The average molecular weight is 438 g/mol. The highest BCUT2D eigenvalue weighted by Gasteiger charge is 2.39. The van der Waals surface area contributed by atoms with E-state index in [0.29, 0.717) is 37.5 Å². The highest BCUT2D eigenvalue weighted by atomic mass is 16.2.